The van der Waals surface area contributed by atoms with Crippen molar-refractivity contribution in [2.45, 2.75) is 33.6 Å². The summed E-state index contributed by atoms with van der Waals surface area (Å²) in [5, 5.41) is 2.11. The summed E-state index contributed by atoms with van der Waals surface area (Å²) in [6, 6.07) is 0. The van der Waals surface area contributed by atoms with Gasteiger partial charge in [0.05, 0.1) is 0 Å². The number of hydrogen-bond acceptors (Lipinski definition) is 1. The molecule has 0 heterocycles. The molecule has 0 amide bonds. The zero-order chi connectivity index (χ0) is 7.82. The molecule has 0 bridgehead atoms. The van der Waals surface area contributed by atoms with Gasteiger partial charge in [-0.2, -0.15) is 0 Å². The summed E-state index contributed by atoms with van der Waals surface area (Å²) in [5.74, 6) is 0. The Balaban J connectivity index is 3.49. The van der Waals surface area contributed by atoms with E-state index in [0.717, 1.165) is 0 Å². The zero-order valence-corrected chi connectivity index (χ0v) is 7.87. The SMILES string of the molecule is C/C=C\S/C(C)=C\CCC. The zero-order valence-electron chi connectivity index (χ0n) is 7.05. The number of unbranched alkanes of at least 4 members (excludes halogenated alkanes) is 1. The Bertz CT molecular complexity index is 123. The first-order chi connectivity index (χ1) is 4.81. The second kappa shape index (κ2) is 6.94. The van der Waals surface area contributed by atoms with Crippen LogP contribution in [-0.4, -0.2) is 0 Å². The molecule has 0 unspecified atom stereocenters. The van der Waals surface area contributed by atoms with Crippen molar-refractivity contribution in [2.75, 3.05) is 0 Å². The number of allylic oxidation sites excluding steroid dienone is 3. The van der Waals surface area contributed by atoms with Gasteiger partial charge in [0.2, 0.25) is 0 Å². The van der Waals surface area contributed by atoms with Crippen molar-refractivity contribution in [3.63, 3.8) is 0 Å². The van der Waals surface area contributed by atoms with Crippen LogP contribution < -0.4 is 0 Å². The van der Waals surface area contributed by atoms with E-state index >= 15 is 0 Å². The normalized spacial score (nSPS) is 12.9. The van der Waals surface area contributed by atoms with Crippen LogP contribution in [0.5, 0.6) is 0 Å². The molecule has 0 aliphatic carbocycles. The Kier molecular flexibility index (Phi) is 6.83. The van der Waals surface area contributed by atoms with E-state index in [0.29, 0.717) is 0 Å². The molecule has 1 heteroatoms. The molecular formula is C9H16S. The highest BCUT2D eigenvalue weighted by Crippen LogP contribution is 2.16. The lowest BCUT2D eigenvalue weighted by Gasteiger charge is -1.92. The Labute approximate surface area is 68.4 Å². The van der Waals surface area contributed by atoms with Crippen molar-refractivity contribution in [3.05, 3.63) is 22.5 Å². The van der Waals surface area contributed by atoms with Gasteiger partial charge in [0.15, 0.2) is 0 Å². The largest absolute Gasteiger partial charge is 0.104 e. The highest BCUT2D eigenvalue weighted by atomic mass is 32.2. The molecule has 0 aliphatic rings. The van der Waals surface area contributed by atoms with E-state index in [-0.39, 0.29) is 0 Å². The van der Waals surface area contributed by atoms with E-state index in [9.17, 15) is 0 Å². The van der Waals surface area contributed by atoms with Gasteiger partial charge in [-0.05, 0) is 30.6 Å². The molecule has 0 saturated carbocycles. The van der Waals surface area contributed by atoms with E-state index in [4.69, 9.17) is 0 Å². The summed E-state index contributed by atoms with van der Waals surface area (Å²) >= 11 is 1.80. The first-order valence-corrected chi connectivity index (χ1v) is 4.63. The minimum atomic E-state index is 1.20. The van der Waals surface area contributed by atoms with E-state index in [1.54, 1.807) is 11.8 Å². The van der Waals surface area contributed by atoms with Crippen LogP contribution in [0.3, 0.4) is 0 Å². The first kappa shape index (κ1) is 9.83. The summed E-state index contributed by atoms with van der Waals surface area (Å²) in [4.78, 5) is 1.40. The maximum absolute atomic E-state index is 2.28. The summed E-state index contributed by atoms with van der Waals surface area (Å²) in [6.45, 7) is 6.39. The second-order valence-electron chi connectivity index (χ2n) is 2.19. The van der Waals surface area contributed by atoms with E-state index in [2.05, 4.69) is 31.4 Å². The molecule has 0 radical (unpaired) electrons. The lowest BCUT2D eigenvalue weighted by molar-refractivity contribution is 0.955. The molecule has 58 valence electrons. The quantitative estimate of drug-likeness (QED) is 0.593. The minimum Gasteiger partial charge on any atom is -0.104 e. The van der Waals surface area contributed by atoms with Crippen LogP contribution in [0.2, 0.25) is 0 Å². The van der Waals surface area contributed by atoms with Crippen LogP contribution in [0.4, 0.5) is 0 Å². The van der Waals surface area contributed by atoms with E-state index < -0.39 is 0 Å². The number of rotatable bonds is 4. The monoisotopic (exact) mass is 156 g/mol. The summed E-state index contributed by atoms with van der Waals surface area (Å²) in [5.41, 5.74) is 0. The predicted octanol–water partition coefficient (Wildman–Crippen LogP) is 3.96. The molecule has 0 aromatic carbocycles. The van der Waals surface area contributed by atoms with Crippen molar-refractivity contribution < 1.29 is 0 Å². The molecule has 0 aromatic heterocycles. The fourth-order valence-corrected chi connectivity index (χ4v) is 1.14. The van der Waals surface area contributed by atoms with Gasteiger partial charge in [0, 0.05) is 0 Å². The van der Waals surface area contributed by atoms with Gasteiger partial charge >= 0.3 is 0 Å². The highest BCUT2D eigenvalue weighted by Gasteiger charge is 1.83. The molecule has 0 N–H and O–H groups in total. The molecule has 0 saturated heterocycles. The van der Waals surface area contributed by atoms with Crippen LogP contribution in [0.15, 0.2) is 22.5 Å². The third-order valence-electron chi connectivity index (χ3n) is 1.11. The smallest absolute Gasteiger partial charge is 0.0179 e. The van der Waals surface area contributed by atoms with Gasteiger partial charge in [-0.1, -0.05) is 25.5 Å². The Morgan fingerprint density at radius 2 is 2.20 bits per heavy atom. The fourth-order valence-electron chi connectivity index (χ4n) is 0.571. The standard InChI is InChI=1S/C9H16S/c1-4-6-7-9(3)10-8-5-2/h5,7-8H,4,6H2,1-3H3/b8-5-,9-7-. The maximum atomic E-state index is 2.28. The van der Waals surface area contributed by atoms with Crippen molar-refractivity contribution >= 4 is 11.8 Å². The number of thioether (sulfide) groups is 1. The average Bonchev–Trinajstić information content (AvgIpc) is 1.97. The van der Waals surface area contributed by atoms with E-state index in [1.165, 1.54) is 17.7 Å². The van der Waals surface area contributed by atoms with Gasteiger partial charge in [-0.15, -0.1) is 11.8 Å². The maximum Gasteiger partial charge on any atom is -0.0179 e. The molecule has 0 fully saturated rings. The van der Waals surface area contributed by atoms with Gasteiger partial charge in [-0.25, -0.2) is 0 Å². The van der Waals surface area contributed by atoms with Crippen molar-refractivity contribution in [2.24, 2.45) is 0 Å². The third kappa shape index (κ3) is 5.96. The molecule has 0 aromatic rings. The Morgan fingerprint density at radius 1 is 1.50 bits per heavy atom. The fraction of sp³-hybridized carbons (Fsp3) is 0.556. The van der Waals surface area contributed by atoms with Gasteiger partial charge in [0.1, 0.15) is 0 Å². The lowest BCUT2D eigenvalue weighted by atomic mass is 10.3. The van der Waals surface area contributed by atoms with Crippen molar-refractivity contribution in [3.8, 4) is 0 Å². The van der Waals surface area contributed by atoms with Crippen LogP contribution in [-0.2, 0) is 0 Å². The minimum absolute atomic E-state index is 1.20. The first-order valence-electron chi connectivity index (χ1n) is 3.75. The molecular weight excluding hydrogens is 140 g/mol. The van der Waals surface area contributed by atoms with Crippen LogP contribution in [0, 0.1) is 0 Å². The van der Waals surface area contributed by atoms with Gasteiger partial charge in [0.25, 0.3) is 0 Å². The lowest BCUT2D eigenvalue weighted by Crippen LogP contribution is -1.65. The predicted molar refractivity (Wildman–Crippen MR) is 51.1 cm³/mol. The van der Waals surface area contributed by atoms with Crippen LogP contribution >= 0.6 is 11.8 Å². The molecule has 0 atom stereocenters. The molecule has 0 nitrogen and oxygen atoms in total. The van der Waals surface area contributed by atoms with Crippen LogP contribution in [0.25, 0.3) is 0 Å². The van der Waals surface area contributed by atoms with Gasteiger partial charge in [-0.3, -0.25) is 0 Å². The third-order valence-corrected chi connectivity index (χ3v) is 2.06. The van der Waals surface area contributed by atoms with Gasteiger partial charge < -0.3 is 0 Å². The van der Waals surface area contributed by atoms with Crippen LogP contribution in [0.1, 0.15) is 33.6 Å². The highest BCUT2D eigenvalue weighted by molar-refractivity contribution is 8.05. The van der Waals surface area contributed by atoms with E-state index in [1.807, 2.05) is 6.92 Å². The summed E-state index contributed by atoms with van der Waals surface area (Å²) < 4.78 is 0. The summed E-state index contributed by atoms with van der Waals surface area (Å²) in [7, 11) is 0. The summed E-state index contributed by atoms with van der Waals surface area (Å²) in [6.07, 6.45) is 6.79. The molecule has 10 heavy (non-hydrogen) atoms. The van der Waals surface area contributed by atoms with Crippen molar-refractivity contribution in [1.82, 2.24) is 0 Å². The van der Waals surface area contributed by atoms with Crippen molar-refractivity contribution in [1.29, 1.82) is 0 Å². The Hall–Kier alpha value is -0.170. The topological polar surface area (TPSA) is 0 Å². The average molecular weight is 156 g/mol. The number of hydrogen-bond donors (Lipinski definition) is 0. The Morgan fingerprint density at radius 3 is 2.70 bits per heavy atom. The molecule has 0 aliphatic heterocycles. The second-order valence-corrected chi connectivity index (χ2v) is 3.34. The molecule has 0 rings (SSSR count). The molecule has 0 spiro atoms.